The van der Waals surface area contributed by atoms with Gasteiger partial charge in [0.2, 0.25) is 0 Å². The predicted molar refractivity (Wildman–Crippen MR) is 87.6 cm³/mol. The Morgan fingerprint density at radius 3 is 2.55 bits per heavy atom. The van der Waals surface area contributed by atoms with Crippen LogP contribution in [-0.2, 0) is 10.8 Å². The maximum atomic E-state index is 12.6. The fraction of sp³-hybridized carbons (Fsp3) is 0.647. The summed E-state index contributed by atoms with van der Waals surface area (Å²) < 4.78 is 12.6. The molecule has 20 heavy (non-hydrogen) atoms. The third-order valence-electron chi connectivity index (χ3n) is 4.40. The monoisotopic (exact) mass is 293 g/mol. The second-order valence-electron chi connectivity index (χ2n) is 6.01. The van der Waals surface area contributed by atoms with E-state index in [1.165, 1.54) is 36.0 Å². The molecule has 1 aliphatic rings. The quantitative estimate of drug-likeness (QED) is 0.898. The third kappa shape index (κ3) is 3.92. The van der Waals surface area contributed by atoms with Crippen molar-refractivity contribution < 1.29 is 4.21 Å². The lowest BCUT2D eigenvalue weighted by atomic mass is 10.00. The van der Waals surface area contributed by atoms with Gasteiger partial charge < -0.3 is 5.32 Å². The van der Waals surface area contributed by atoms with Gasteiger partial charge in [-0.05, 0) is 44.9 Å². The Hall–Kier alpha value is -0.670. The maximum Gasteiger partial charge on any atom is 0.0437 e. The van der Waals surface area contributed by atoms with Crippen molar-refractivity contribution in [2.24, 2.45) is 0 Å². The Kier molecular flexibility index (Phi) is 5.79. The molecule has 1 fully saturated rings. The van der Waals surface area contributed by atoms with Crippen molar-refractivity contribution in [2.75, 3.05) is 12.8 Å². The van der Waals surface area contributed by atoms with Crippen LogP contribution >= 0.6 is 0 Å². The Morgan fingerprint density at radius 1 is 1.25 bits per heavy atom. The summed E-state index contributed by atoms with van der Waals surface area (Å²) in [5.74, 6) is 0.741. The number of rotatable bonds is 5. The Morgan fingerprint density at radius 2 is 1.95 bits per heavy atom. The second kappa shape index (κ2) is 7.37. The van der Waals surface area contributed by atoms with Gasteiger partial charge in [0, 0.05) is 27.8 Å². The van der Waals surface area contributed by atoms with Gasteiger partial charge in [-0.15, -0.1) is 0 Å². The topological polar surface area (TPSA) is 29.1 Å². The van der Waals surface area contributed by atoms with E-state index in [1.54, 1.807) is 0 Å². The molecule has 0 radical (unpaired) electrons. The van der Waals surface area contributed by atoms with E-state index in [1.807, 2.05) is 7.05 Å². The van der Waals surface area contributed by atoms with Gasteiger partial charge in [0.05, 0.1) is 0 Å². The van der Waals surface area contributed by atoms with E-state index >= 15 is 0 Å². The number of nitrogens with one attached hydrogen (secondary N) is 1. The minimum absolute atomic E-state index is 0.207. The molecule has 112 valence electrons. The highest BCUT2D eigenvalue weighted by molar-refractivity contribution is 7.85. The summed E-state index contributed by atoms with van der Waals surface area (Å²) >= 11 is 0. The van der Waals surface area contributed by atoms with Crippen molar-refractivity contribution in [1.29, 1.82) is 0 Å². The van der Waals surface area contributed by atoms with Gasteiger partial charge in [-0.1, -0.05) is 43.0 Å². The molecule has 1 aromatic rings. The van der Waals surface area contributed by atoms with Crippen LogP contribution in [0, 0.1) is 13.8 Å². The summed E-state index contributed by atoms with van der Waals surface area (Å²) in [6.07, 6.45) is 6.13. The predicted octanol–water partition coefficient (Wildman–Crippen LogP) is 3.65. The van der Waals surface area contributed by atoms with Crippen molar-refractivity contribution >= 4 is 10.8 Å². The van der Waals surface area contributed by atoms with Crippen LogP contribution in [-0.4, -0.2) is 22.3 Å². The summed E-state index contributed by atoms with van der Waals surface area (Å²) in [4.78, 5) is 0. The molecular weight excluding hydrogens is 266 g/mol. The molecule has 2 atom stereocenters. The SMILES string of the molecule is CNC(CS(=O)C1CCCCC1)c1ccc(C)cc1C. The fourth-order valence-electron chi connectivity index (χ4n) is 3.17. The molecule has 1 saturated carbocycles. The average Bonchev–Trinajstić information content (AvgIpc) is 2.46. The number of benzene rings is 1. The van der Waals surface area contributed by atoms with Gasteiger partial charge >= 0.3 is 0 Å². The average molecular weight is 293 g/mol. The van der Waals surface area contributed by atoms with Gasteiger partial charge in [-0.3, -0.25) is 4.21 Å². The third-order valence-corrected chi connectivity index (χ3v) is 6.28. The molecule has 2 unspecified atom stereocenters. The van der Waals surface area contributed by atoms with Crippen molar-refractivity contribution in [2.45, 2.75) is 57.2 Å². The van der Waals surface area contributed by atoms with E-state index < -0.39 is 10.8 Å². The summed E-state index contributed by atoms with van der Waals surface area (Å²) in [5.41, 5.74) is 3.88. The van der Waals surface area contributed by atoms with E-state index in [4.69, 9.17) is 0 Å². The van der Waals surface area contributed by atoms with Crippen molar-refractivity contribution in [3.8, 4) is 0 Å². The highest BCUT2D eigenvalue weighted by Gasteiger charge is 2.23. The van der Waals surface area contributed by atoms with Crippen LogP contribution in [0.3, 0.4) is 0 Å². The first-order valence-electron chi connectivity index (χ1n) is 7.73. The van der Waals surface area contributed by atoms with Crippen LogP contribution in [0.15, 0.2) is 18.2 Å². The van der Waals surface area contributed by atoms with E-state index in [-0.39, 0.29) is 6.04 Å². The van der Waals surface area contributed by atoms with Crippen LogP contribution in [0.25, 0.3) is 0 Å². The summed E-state index contributed by atoms with van der Waals surface area (Å²) in [6, 6.07) is 6.75. The van der Waals surface area contributed by atoms with Crippen molar-refractivity contribution in [1.82, 2.24) is 5.32 Å². The normalized spacial score (nSPS) is 19.8. The van der Waals surface area contributed by atoms with E-state index in [9.17, 15) is 4.21 Å². The zero-order chi connectivity index (χ0) is 14.5. The number of hydrogen-bond donors (Lipinski definition) is 1. The molecule has 0 spiro atoms. The first-order chi connectivity index (χ1) is 9.61. The van der Waals surface area contributed by atoms with Crippen molar-refractivity contribution in [3.63, 3.8) is 0 Å². The molecular formula is C17H27NOS. The van der Waals surface area contributed by atoms with Crippen LogP contribution in [0.5, 0.6) is 0 Å². The zero-order valence-electron chi connectivity index (χ0n) is 12.9. The molecule has 0 saturated heterocycles. The van der Waals surface area contributed by atoms with E-state index in [2.05, 4.69) is 37.4 Å². The first-order valence-corrected chi connectivity index (χ1v) is 9.11. The van der Waals surface area contributed by atoms with Gasteiger partial charge in [-0.2, -0.15) is 0 Å². The van der Waals surface area contributed by atoms with Gasteiger partial charge in [0.1, 0.15) is 0 Å². The number of aryl methyl sites for hydroxylation is 2. The summed E-state index contributed by atoms with van der Waals surface area (Å²) in [5, 5.41) is 3.78. The second-order valence-corrected chi connectivity index (χ2v) is 7.77. The minimum atomic E-state index is -0.713. The Bertz CT molecular complexity index is 466. The Balaban J connectivity index is 2.06. The van der Waals surface area contributed by atoms with Gasteiger partial charge in [0.25, 0.3) is 0 Å². The van der Waals surface area contributed by atoms with E-state index in [0.29, 0.717) is 5.25 Å². The minimum Gasteiger partial charge on any atom is -0.312 e. The number of hydrogen-bond acceptors (Lipinski definition) is 2. The van der Waals surface area contributed by atoms with Crippen LogP contribution in [0.4, 0.5) is 0 Å². The molecule has 1 aliphatic carbocycles. The lowest BCUT2D eigenvalue weighted by Gasteiger charge is -2.25. The van der Waals surface area contributed by atoms with Gasteiger partial charge in [-0.25, -0.2) is 0 Å². The largest absolute Gasteiger partial charge is 0.312 e. The molecule has 0 aliphatic heterocycles. The zero-order valence-corrected chi connectivity index (χ0v) is 13.8. The Labute approximate surface area is 125 Å². The molecule has 0 bridgehead atoms. The molecule has 0 amide bonds. The summed E-state index contributed by atoms with van der Waals surface area (Å²) in [6.45, 7) is 4.27. The summed E-state index contributed by atoms with van der Waals surface area (Å²) in [7, 11) is 1.26. The fourth-order valence-corrected chi connectivity index (χ4v) is 4.98. The first kappa shape index (κ1) is 15.7. The molecule has 2 rings (SSSR count). The molecule has 0 heterocycles. The highest BCUT2D eigenvalue weighted by Crippen LogP contribution is 2.26. The molecule has 1 N–H and O–H groups in total. The molecule has 2 nitrogen and oxygen atoms in total. The lowest BCUT2D eigenvalue weighted by Crippen LogP contribution is -2.29. The molecule has 1 aromatic carbocycles. The standard InChI is InChI=1S/C17H27NOS/c1-13-9-10-16(14(2)11-13)17(18-3)12-20(19)15-7-5-4-6-8-15/h9-11,15,17-18H,4-8,12H2,1-3H3. The van der Waals surface area contributed by atoms with Crippen LogP contribution < -0.4 is 5.32 Å². The van der Waals surface area contributed by atoms with Crippen LogP contribution in [0.1, 0.15) is 54.8 Å². The van der Waals surface area contributed by atoms with Crippen molar-refractivity contribution in [3.05, 3.63) is 34.9 Å². The lowest BCUT2D eigenvalue weighted by molar-refractivity contribution is 0.502. The van der Waals surface area contributed by atoms with E-state index in [0.717, 1.165) is 18.6 Å². The molecule has 0 aromatic heterocycles. The highest BCUT2D eigenvalue weighted by atomic mass is 32.2. The molecule has 3 heteroatoms. The maximum absolute atomic E-state index is 12.6. The smallest absolute Gasteiger partial charge is 0.0437 e. The van der Waals surface area contributed by atoms with Gasteiger partial charge in [0.15, 0.2) is 0 Å². The van der Waals surface area contributed by atoms with Crippen LogP contribution in [0.2, 0.25) is 0 Å².